The second-order valence-electron chi connectivity index (χ2n) is 10.8. The van der Waals surface area contributed by atoms with Crippen molar-refractivity contribution < 1.29 is 43.8 Å². The van der Waals surface area contributed by atoms with Gasteiger partial charge in [-0.25, -0.2) is 4.79 Å². The third-order valence-corrected chi connectivity index (χ3v) is 6.52. The summed E-state index contributed by atoms with van der Waals surface area (Å²) >= 11 is 0. The second kappa shape index (κ2) is 18.6. The number of carboxylic acid groups (broad SMARTS) is 1. The van der Waals surface area contributed by atoms with Gasteiger partial charge in [-0.3, -0.25) is 28.8 Å². The van der Waals surface area contributed by atoms with E-state index in [0.717, 1.165) is 0 Å². The number of amides is 6. The van der Waals surface area contributed by atoms with E-state index in [9.17, 15) is 43.8 Å². The summed E-state index contributed by atoms with van der Waals surface area (Å²) in [5.74, 6) is -6.76. The number of carbonyl (C=O) groups is 7. The smallest absolute Gasteiger partial charge is 0.326 e. The van der Waals surface area contributed by atoms with Gasteiger partial charge >= 0.3 is 5.97 Å². The normalized spacial score (nSPS) is 16.1. The fourth-order valence-electron chi connectivity index (χ4n) is 3.86. The van der Waals surface area contributed by atoms with E-state index < -0.39 is 83.6 Å². The largest absolute Gasteiger partial charge is 0.480 e. The Labute approximate surface area is 245 Å². The first kappa shape index (κ1) is 38.2. The van der Waals surface area contributed by atoms with Crippen molar-refractivity contribution >= 4 is 41.4 Å². The van der Waals surface area contributed by atoms with Gasteiger partial charge in [0.25, 0.3) is 0 Å². The van der Waals surface area contributed by atoms with Crippen LogP contribution in [-0.2, 0) is 33.6 Å². The summed E-state index contributed by atoms with van der Waals surface area (Å²) in [6.07, 6.45) is -1.85. The predicted octanol–water partition coefficient (Wildman–Crippen LogP) is -2.66. The van der Waals surface area contributed by atoms with E-state index in [1.54, 1.807) is 13.8 Å². The van der Waals surface area contributed by atoms with E-state index in [-0.39, 0.29) is 31.6 Å². The molecule has 0 heterocycles. The van der Waals surface area contributed by atoms with Crippen LogP contribution in [0, 0.1) is 11.8 Å². The Hall–Kier alpha value is -3.79. The number of hydrogen-bond donors (Lipinski definition) is 9. The molecule has 0 aliphatic heterocycles. The molecular formula is C26H47N7O9. The van der Waals surface area contributed by atoms with Crippen molar-refractivity contribution in [2.45, 2.75) is 109 Å². The lowest BCUT2D eigenvalue weighted by atomic mass is 9.96. The zero-order valence-electron chi connectivity index (χ0n) is 24.8. The molecule has 0 aliphatic carbocycles. The molecule has 16 nitrogen and oxygen atoms in total. The number of nitrogens with one attached hydrogen (secondary N) is 4. The molecule has 0 fully saturated rings. The van der Waals surface area contributed by atoms with Crippen molar-refractivity contribution in [2.75, 3.05) is 0 Å². The third kappa shape index (κ3) is 14.2. The lowest BCUT2D eigenvalue weighted by Crippen LogP contribution is -2.61. The van der Waals surface area contributed by atoms with Crippen LogP contribution in [0.2, 0.25) is 0 Å². The molecule has 0 aromatic rings. The molecular weight excluding hydrogens is 554 g/mol. The van der Waals surface area contributed by atoms with E-state index in [4.69, 9.17) is 17.2 Å². The van der Waals surface area contributed by atoms with E-state index in [1.165, 1.54) is 6.92 Å². The molecule has 0 spiro atoms. The molecule has 0 aromatic heterocycles. The summed E-state index contributed by atoms with van der Waals surface area (Å²) in [5, 5.41) is 29.2. The summed E-state index contributed by atoms with van der Waals surface area (Å²) < 4.78 is 0. The molecule has 12 N–H and O–H groups in total. The Balaban J connectivity index is 5.85. The number of nitrogens with two attached hydrogens (primary N) is 3. The van der Waals surface area contributed by atoms with Crippen LogP contribution in [0.5, 0.6) is 0 Å². The highest BCUT2D eigenvalue weighted by Crippen LogP contribution is 2.11. The zero-order valence-corrected chi connectivity index (χ0v) is 24.8. The summed E-state index contributed by atoms with van der Waals surface area (Å²) in [6, 6.07) is -6.63. The topological polar surface area (TPSA) is 286 Å². The van der Waals surface area contributed by atoms with Crippen LogP contribution in [0.15, 0.2) is 0 Å². The van der Waals surface area contributed by atoms with Crippen molar-refractivity contribution in [1.29, 1.82) is 0 Å². The highest BCUT2D eigenvalue weighted by Gasteiger charge is 2.35. The first-order chi connectivity index (χ1) is 19.4. The Morgan fingerprint density at radius 3 is 1.57 bits per heavy atom. The highest BCUT2D eigenvalue weighted by molar-refractivity contribution is 5.96. The van der Waals surface area contributed by atoms with Gasteiger partial charge in [-0.15, -0.1) is 0 Å². The number of carboxylic acids is 1. The van der Waals surface area contributed by atoms with Crippen LogP contribution in [-0.4, -0.2) is 87.9 Å². The predicted molar refractivity (Wildman–Crippen MR) is 151 cm³/mol. The lowest BCUT2D eigenvalue weighted by molar-refractivity contribution is -0.143. The minimum absolute atomic E-state index is 0.0801. The third-order valence-electron chi connectivity index (χ3n) is 6.52. The van der Waals surface area contributed by atoms with Gasteiger partial charge in [-0.05, 0) is 38.0 Å². The molecule has 16 heteroatoms. The van der Waals surface area contributed by atoms with Gasteiger partial charge in [0.05, 0.1) is 12.1 Å². The number of rotatable bonds is 20. The number of primary amides is 2. The van der Waals surface area contributed by atoms with Crippen LogP contribution >= 0.6 is 0 Å². The van der Waals surface area contributed by atoms with Crippen molar-refractivity contribution in [3.8, 4) is 0 Å². The fraction of sp³-hybridized carbons (Fsp3) is 0.731. The van der Waals surface area contributed by atoms with Crippen LogP contribution < -0.4 is 38.5 Å². The van der Waals surface area contributed by atoms with Gasteiger partial charge in [0, 0.05) is 12.8 Å². The maximum Gasteiger partial charge on any atom is 0.326 e. The molecule has 0 radical (unpaired) electrons. The van der Waals surface area contributed by atoms with Crippen molar-refractivity contribution in [3.63, 3.8) is 0 Å². The Kier molecular flexibility index (Phi) is 16.9. The Bertz CT molecular complexity index is 974. The van der Waals surface area contributed by atoms with Gasteiger partial charge in [-0.1, -0.05) is 34.1 Å². The molecule has 42 heavy (non-hydrogen) atoms. The van der Waals surface area contributed by atoms with Crippen molar-refractivity contribution in [3.05, 3.63) is 0 Å². The Morgan fingerprint density at radius 1 is 0.690 bits per heavy atom. The van der Waals surface area contributed by atoms with E-state index in [0.29, 0.717) is 12.8 Å². The van der Waals surface area contributed by atoms with Crippen LogP contribution in [0.3, 0.4) is 0 Å². The summed E-state index contributed by atoms with van der Waals surface area (Å²) in [5.41, 5.74) is 16.2. The van der Waals surface area contributed by atoms with Gasteiger partial charge < -0.3 is 48.7 Å². The standard InChI is InChI=1S/C26H47N7O9/c1-6-13(4)20(24(39)31-17(26(41)42)8-10-19(29)36)32-25(40)21(14(5)34)33-23(38)16(7-9-18(28)35)30-22(37)15(27)11-12(2)3/h12-17,20-21,34H,6-11,27H2,1-5H3,(H2,28,35)(H2,29,36)(H,30,37)(H,31,39)(H,32,40)(H,33,38)(H,41,42)/t13-,14+,15-,16-,17-,20-,21-/m0/s1. The maximum atomic E-state index is 13.2. The highest BCUT2D eigenvalue weighted by atomic mass is 16.4. The van der Waals surface area contributed by atoms with Crippen molar-refractivity contribution in [1.82, 2.24) is 21.3 Å². The van der Waals surface area contributed by atoms with Gasteiger partial charge in [-0.2, -0.15) is 0 Å². The summed E-state index contributed by atoms with van der Waals surface area (Å²) in [4.78, 5) is 85.9. The summed E-state index contributed by atoms with van der Waals surface area (Å²) in [6.45, 7) is 8.26. The molecule has 0 aliphatic rings. The molecule has 0 saturated heterocycles. The van der Waals surface area contributed by atoms with E-state index in [2.05, 4.69) is 21.3 Å². The molecule has 0 unspecified atom stereocenters. The van der Waals surface area contributed by atoms with Gasteiger partial charge in [0.1, 0.15) is 24.2 Å². The number of carbonyl (C=O) groups excluding carboxylic acids is 6. The molecule has 6 amide bonds. The average Bonchev–Trinajstić information content (AvgIpc) is 2.88. The first-order valence-corrected chi connectivity index (χ1v) is 13.9. The van der Waals surface area contributed by atoms with Crippen LogP contribution in [0.4, 0.5) is 0 Å². The quantitative estimate of drug-likeness (QED) is 0.0698. The molecule has 0 aromatic carbocycles. The number of hydrogen-bond acceptors (Lipinski definition) is 9. The fourth-order valence-corrected chi connectivity index (χ4v) is 3.86. The number of aliphatic hydroxyl groups excluding tert-OH is 1. The SMILES string of the molecule is CC[C@H](C)[C@H](NC(=O)[C@@H](NC(=O)[C@H](CCC(N)=O)NC(=O)[C@@H](N)CC(C)C)[C@@H](C)O)C(=O)N[C@@H](CCC(N)=O)C(=O)O. The maximum absolute atomic E-state index is 13.2. The number of aliphatic carboxylic acids is 1. The van der Waals surface area contributed by atoms with Gasteiger partial charge in [0.15, 0.2) is 0 Å². The van der Waals surface area contributed by atoms with Crippen LogP contribution in [0.25, 0.3) is 0 Å². The Morgan fingerprint density at radius 2 is 1.14 bits per heavy atom. The van der Waals surface area contributed by atoms with E-state index >= 15 is 0 Å². The first-order valence-electron chi connectivity index (χ1n) is 13.9. The summed E-state index contributed by atoms with van der Waals surface area (Å²) in [7, 11) is 0. The average molecular weight is 602 g/mol. The van der Waals surface area contributed by atoms with Gasteiger partial charge in [0.2, 0.25) is 35.4 Å². The minimum atomic E-state index is -1.61. The van der Waals surface area contributed by atoms with Crippen LogP contribution in [0.1, 0.15) is 73.1 Å². The molecule has 240 valence electrons. The molecule has 7 atom stereocenters. The van der Waals surface area contributed by atoms with Crippen molar-refractivity contribution in [2.24, 2.45) is 29.0 Å². The number of aliphatic hydroxyl groups is 1. The molecule has 0 rings (SSSR count). The monoisotopic (exact) mass is 601 g/mol. The molecule has 0 saturated carbocycles. The zero-order chi connectivity index (χ0) is 32.7. The minimum Gasteiger partial charge on any atom is -0.480 e. The van der Waals surface area contributed by atoms with E-state index in [1.807, 2.05) is 13.8 Å². The lowest BCUT2D eigenvalue weighted by Gasteiger charge is -2.29. The second-order valence-corrected chi connectivity index (χ2v) is 10.8. The molecule has 0 bridgehead atoms.